The quantitative estimate of drug-likeness (QED) is 0.627. The summed E-state index contributed by atoms with van der Waals surface area (Å²) in [5.74, 6) is 1.57. The first-order chi connectivity index (χ1) is 7.84. The van der Waals surface area contributed by atoms with Crippen molar-refractivity contribution in [3.8, 4) is 0 Å². The van der Waals surface area contributed by atoms with E-state index in [0.29, 0.717) is 5.82 Å². The zero-order valence-electron chi connectivity index (χ0n) is 8.78. The number of nitrogens with two attached hydrogens (primary N) is 1. The fourth-order valence-corrected chi connectivity index (χ4v) is 2.02. The molecular formula is C10H13N5S. The SMILES string of the molecule is Nc1ccn(CCCSc2cnccn2)n1. The van der Waals surface area contributed by atoms with Gasteiger partial charge in [-0.15, -0.1) is 11.8 Å². The Morgan fingerprint density at radius 3 is 3.00 bits per heavy atom. The highest BCUT2D eigenvalue weighted by Crippen LogP contribution is 2.14. The maximum Gasteiger partial charge on any atom is 0.145 e. The molecule has 2 rings (SSSR count). The lowest BCUT2D eigenvalue weighted by molar-refractivity contribution is 0.608. The Morgan fingerprint density at radius 1 is 1.38 bits per heavy atom. The molecule has 84 valence electrons. The van der Waals surface area contributed by atoms with Crippen molar-refractivity contribution in [2.24, 2.45) is 0 Å². The molecule has 0 aliphatic heterocycles. The lowest BCUT2D eigenvalue weighted by Crippen LogP contribution is -2.00. The highest BCUT2D eigenvalue weighted by molar-refractivity contribution is 7.99. The smallest absolute Gasteiger partial charge is 0.145 e. The van der Waals surface area contributed by atoms with Crippen LogP contribution in [0.2, 0.25) is 0 Å². The summed E-state index contributed by atoms with van der Waals surface area (Å²) in [6, 6.07) is 1.80. The van der Waals surface area contributed by atoms with Crippen molar-refractivity contribution in [2.75, 3.05) is 11.5 Å². The van der Waals surface area contributed by atoms with Gasteiger partial charge in [-0.2, -0.15) is 5.10 Å². The number of nitrogens with zero attached hydrogens (tertiary/aromatic N) is 4. The summed E-state index contributed by atoms with van der Waals surface area (Å²) in [7, 11) is 0. The minimum atomic E-state index is 0.571. The van der Waals surface area contributed by atoms with E-state index in [-0.39, 0.29) is 0 Å². The molecule has 0 aliphatic carbocycles. The normalized spacial score (nSPS) is 10.5. The molecule has 0 atom stereocenters. The Hall–Kier alpha value is -1.56. The van der Waals surface area contributed by atoms with Gasteiger partial charge in [-0.25, -0.2) is 4.98 Å². The van der Waals surface area contributed by atoms with Gasteiger partial charge in [-0.3, -0.25) is 9.67 Å². The van der Waals surface area contributed by atoms with E-state index in [0.717, 1.165) is 23.7 Å². The molecule has 5 nitrogen and oxygen atoms in total. The molecule has 2 aromatic rings. The van der Waals surface area contributed by atoms with Crippen molar-refractivity contribution >= 4 is 17.6 Å². The van der Waals surface area contributed by atoms with Gasteiger partial charge < -0.3 is 5.73 Å². The average Bonchev–Trinajstić information content (AvgIpc) is 2.72. The van der Waals surface area contributed by atoms with Crippen LogP contribution in [-0.2, 0) is 6.54 Å². The van der Waals surface area contributed by atoms with Crippen LogP contribution in [0.1, 0.15) is 6.42 Å². The molecule has 0 bridgehead atoms. The second kappa shape index (κ2) is 5.50. The monoisotopic (exact) mass is 235 g/mol. The van der Waals surface area contributed by atoms with Crippen molar-refractivity contribution in [3.63, 3.8) is 0 Å². The molecule has 0 spiro atoms. The van der Waals surface area contributed by atoms with Gasteiger partial charge in [0.15, 0.2) is 0 Å². The molecule has 0 saturated heterocycles. The van der Waals surface area contributed by atoms with E-state index >= 15 is 0 Å². The number of aryl methyl sites for hydroxylation is 1. The van der Waals surface area contributed by atoms with Crippen LogP contribution in [0, 0.1) is 0 Å². The lowest BCUT2D eigenvalue weighted by Gasteiger charge is -2.01. The second-order valence-corrected chi connectivity index (χ2v) is 4.36. The third-order valence-electron chi connectivity index (χ3n) is 1.98. The van der Waals surface area contributed by atoms with E-state index in [1.807, 2.05) is 10.9 Å². The number of thioether (sulfide) groups is 1. The largest absolute Gasteiger partial charge is 0.382 e. The second-order valence-electron chi connectivity index (χ2n) is 3.25. The summed E-state index contributed by atoms with van der Waals surface area (Å²) < 4.78 is 1.85. The predicted octanol–water partition coefficient (Wildman–Crippen LogP) is 1.44. The zero-order chi connectivity index (χ0) is 11.2. The van der Waals surface area contributed by atoms with E-state index in [2.05, 4.69) is 15.1 Å². The van der Waals surface area contributed by atoms with Gasteiger partial charge in [-0.05, 0) is 12.5 Å². The Kier molecular flexibility index (Phi) is 3.76. The molecular weight excluding hydrogens is 222 g/mol. The summed E-state index contributed by atoms with van der Waals surface area (Å²) in [6.07, 6.45) is 8.08. The molecule has 0 radical (unpaired) electrons. The molecule has 0 aliphatic rings. The number of anilines is 1. The highest BCUT2D eigenvalue weighted by atomic mass is 32.2. The molecule has 0 amide bonds. The number of hydrogen-bond acceptors (Lipinski definition) is 5. The fraction of sp³-hybridized carbons (Fsp3) is 0.300. The summed E-state index contributed by atoms with van der Waals surface area (Å²) in [5, 5.41) is 5.07. The van der Waals surface area contributed by atoms with E-state index < -0.39 is 0 Å². The van der Waals surface area contributed by atoms with E-state index in [1.165, 1.54) is 0 Å². The summed E-state index contributed by atoms with van der Waals surface area (Å²) >= 11 is 1.70. The Morgan fingerprint density at radius 2 is 2.31 bits per heavy atom. The van der Waals surface area contributed by atoms with Gasteiger partial charge >= 0.3 is 0 Å². The molecule has 2 aromatic heterocycles. The van der Waals surface area contributed by atoms with E-state index in [1.54, 1.807) is 36.4 Å². The molecule has 2 heterocycles. The zero-order valence-corrected chi connectivity index (χ0v) is 9.60. The van der Waals surface area contributed by atoms with Crippen LogP contribution >= 0.6 is 11.8 Å². The molecule has 2 N–H and O–H groups in total. The summed E-state index contributed by atoms with van der Waals surface area (Å²) in [5.41, 5.74) is 5.52. The topological polar surface area (TPSA) is 69.6 Å². The first-order valence-electron chi connectivity index (χ1n) is 5.02. The van der Waals surface area contributed by atoms with E-state index in [9.17, 15) is 0 Å². The minimum Gasteiger partial charge on any atom is -0.382 e. The summed E-state index contributed by atoms with van der Waals surface area (Å²) in [4.78, 5) is 8.19. The van der Waals surface area contributed by atoms with Crippen LogP contribution in [0.5, 0.6) is 0 Å². The minimum absolute atomic E-state index is 0.571. The van der Waals surface area contributed by atoms with Gasteiger partial charge in [0.2, 0.25) is 0 Å². The maximum atomic E-state index is 5.52. The number of rotatable bonds is 5. The van der Waals surface area contributed by atoms with Crippen LogP contribution in [0.3, 0.4) is 0 Å². The molecule has 0 saturated carbocycles. The summed E-state index contributed by atoms with van der Waals surface area (Å²) in [6.45, 7) is 0.879. The predicted molar refractivity (Wildman–Crippen MR) is 64.0 cm³/mol. The number of nitrogen functional groups attached to an aromatic ring is 1. The molecule has 0 unspecified atom stereocenters. The Labute approximate surface area is 98.1 Å². The first-order valence-corrected chi connectivity index (χ1v) is 6.01. The van der Waals surface area contributed by atoms with Crippen molar-refractivity contribution < 1.29 is 0 Å². The molecule has 0 fully saturated rings. The van der Waals surface area contributed by atoms with Crippen LogP contribution in [0.4, 0.5) is 5.82 Å². The highest BCUT2D eigenvalue weighted by Gasteiger charge is 1.97. The van der Waals surface area contributed by atoms with Crippen LogP contribution in [0.15, 0.2) is 35.9 Å². The number of aromatic nitrogens is 4. The average molecular weight is 235 g/mol. The van der Waals surface area contributed by atoms with Crippen LogP contribution in [0.25, 0.3) is 0 Å². The third-order valence-corrected chi connectivity index (χ3v) is 2.98. The van der Waals surface area contributed by atoms with E-state index in [4.69, 9.17) is 5.73 Å². The van der Waals surface area contributed by atoms with Gasteiger partial charge in [0.25, 0.3) is 0 Å². The fourth-order valence-electron chi connectivity index (χ4n) is 1.27. The van der Waals surface area contributed by atoms with Gasteiger partial charge in [0, 0.05) is 30.9 Å². The Balaban J connectivity index is 1.69. The van der Waals surface area contributed by atoms with Crippen LogP contribution in [-0.4, -0.2) is 25.5 Å². The molecule has 6 heteroatoms. The van der Waals surface area contributed by atoms with Gasteiger partial charge in [0.1, 0.15) is 10.8 Å². The van der Waals surface area contributed by atoms with Crippen LogP contribution < -0.4 is 5.73 Å². The molecule has 0 aromatic carbocycles. The lowest BCUT2D eigenvalue weighted by atomic mass is 10.5. The van der Waals surface area contributed by atoms with Crippen molar-refractivity contribution in [3.05, 3.63) is 30.9 Å². The standard InChI is InChI=1S/C10H13N5S/c11-9-2-6-15(14-9)5-1-7-16-10-8-12-3-4-13-10/h2-4,6,8H,1,5,7H2,(H2,11,14). The van der Waals surface area contributed by atoms with Gasteiger partial charge in [-0.1, -0.05) is 0 Å². The number of hydrogen-bond donors (Lipinski definition) is 1. The van der Waals surface area contributed by atoms with Crippen molar-refractivity contribution in [1.29, 1.82) is 0 Å². The molecule has 16 heavy (non-hydrogen) atoms. The van der Waals surface area contributed by atoms with Crippen molar-refractivity contribution in [2.45, 2.75) is 18.0 Å². The maximum absolute atomic E-state index is 5.52. The van der Waals surface area contributed by atoms with Crippen molar-refractivity contribution in [1.82, 2.24) is 19.7 Å². The first kappa shape index (κ1) is 10.9. The Bertz CT molecular complexity index is 428. The third kappa shape index (κ3) is 3.23. The van der Waals surface area contributed by atoms with Gasteiger partial charge in [0.05, 0.1) is 6.20 Å².